The summed E-state index contributed by atoms with van der Waals surface area (Å²) in [4.78, 5) is 12.2. The number of halogens is 2. The molecule has 2 aromatic rings. The Bertz CT molecular complexity index is 669. The van der Waals surface area contributed by atoms with Crippen molar-refractivity contribution in [1.82, 2.24) is 0 Å². The van der Waals surface area contributed by atoms with Gasteiger partial charge >= 0.3 is 6.61 Å². The SMILES string of the molecule is CCc1cccc(C)c1NC(=O)Cc1ccc(OC(F)F)cc1. The van der Waals surface area contributed by atoms with Crippen molar-refractivity contribution in [3.05, 3.63) is 59.2 Å². The van der Waals surface area contributed by atoms with Gasteiger partial charge in [-0.1, -0.05) is 37.3 Å². The lowest BCUT2D eigenvalue weighted by atomic mass is 10.1. The molecule has 5 heteroatoms. The molecule has 0 saturated heterocycles. The van der Waals surface area contributed by atoms with Gasteiger partial charge in [0.2, 0.25) is 5.91 Å². The van der Waals surface area contributed by atoms with E-state index in [1.807, 2.05) is 32.0 Å². The third-order valence-corrected chi connectivity index (χ3v) is 3.52. The predicted molar refractivity (Wildman–Crippen MR) is 86.0 cm³/mol. The first-order valence-corrected chi connectivity index (χ1v) is 7.41. The number of rotatable bonds is 6. The summed E-state index contributed by atoms with van der Waals surface area (Å²) in [7, 11) is 0. The maximum absolute atomic E-state index is 12.2. The smallest absolute Gasteiger partial charge is 0.387 e. The number of aryl methyl sites for hydroxylation is 2. The van der Waals surface area contributed by atoms with Crippen molar-refractivity contribution in [3.63, 3.8) is 0 Å². The third kappa shape index (κ3) is 4.77. The van der Waals surface area contributed by atoms with Crippen LogP contribution in [0.25, 0.3) is 0 Å². The minimum atomic E-state index is -2.85. The Morgan fingerprint density at radius 1 is 1.17 bits per heavy atom. The fourth-order valence-electron chi connectivity index (χ4n) is 2.36. The van der Waals surface area contributed by atoms with Crippen molar-refractivity contribution in [2.75, 3.05) is 5.32 Å². The number of hydrogen-bond donors (Lipinski definition) is 1. The number of ether oxygens (including phenoxy) is 1. The number of nitrogens with one attached hydrogen (secondary N) is 1. The average Bonchev–Trinajstić information content (AvgIpc) is 2.50. The Morgan fingerprint density at radius 3 is 2.48 bits per heavy atom. The zero-order chi connectivity index (χ0) is 16.8. The van der Waals surface area contributed by atoms with Crippen molar-refractivity contribution in [1.29, 1.82) is 0 Å². The van der Waals surface area contributed by atoms with Crippen LogP contribution in [-0.2, 0) is 17.6 Å². The van der Waals surface area contributed by atoms with Crippen molar-refractivity contribution in [3.8, 4) is 5.75 Å². The highest BCUT2D eigenvalue weighted by Gasteiger charge is 2.10. The summed E-state index contributed by atoms with van der Waals surface area (Å²) >= 11 is 0. The number of alkyl halides is 2. The normalized spacial score (nSPS) is 10.7. The molecule has 0 aromatic heterocycles. The van der Waals surface area contributed by atoms with Crippen LogP contribution in [0, 0.1) is 6.92 Å². The first-order chi connectivity index (χ1) is 11.0. The van der Waals surface area contributed by atoms with Gasteiger partial charge in [0.15, 0.2) is 0 Å². The van der Waals surface area contributed by atoms with Gasteiger partial charge in [0, 0.05) is 5.69 Å². The number of carbonyl (C=O) groups is 1. The van der Waals surface area contributed by atoms with Crippen molar-refractivity contribution in [2.24, 2.45) is 0 Å². The molecule has 0 saturated carbocycles. The number of anilines is 1. The average molecular weight is 319 g/mol. The van der Waals surface area contributed by atoms with E-state index in [1.54, 1.807) is 12.1 Å². The standard InChI is InChI=1S/C18H19F2NO2/c1-3-14-6-4-5-12(2)17(14)21-16(22)11-13-7-9-15(10-8-13)23-18(19)20/h4-10,18H,3,11H2,1-2H3,(H,21,22). The minimum Gasteiger partial charge on any atom is -0.435 e. The predicted octanol–water partition coefficient (Wildman–Crippen LogP) is 4.34. The summed E-state index contributed by atoms with van der Waals surface area (Å²) in [5, 5.41) is 2.93. The van der Waals surface area contributed by atoms with E-state index in [2.05, 4.69) is 10.1 Å². The van der Waals surface area contributed by atoms with E-state index >= 15 is 0 Å². The summed E-state index contributed by atoms with van der Waals surface area (Å²) in [6, 6.07) is 12.0. The third-order valence-electron chi connectivity index (χ3n) is 3.52. The van der Waals surface area contributed by atoms with Gasteiger partial charge in [0.25, 0.3) is 0 Å². The van der Waals surface area contributed by atoms with E-state index in [9.17, 15) is 13.6 Å². The Hall–Kier alpha value is -2.43. The van der Waals surface area contributed by atoms with E-state index in [0.29, 0.717) is 0 Å². The maximum atomic E-state index is 12.2. The van der Waals surface area contributed by atoms with E-state index < -0.39 is 6.61 Å². The van der Waals surface area contributed by atoms with Gasteiger partial charge in [-0.2, -0.15) is 8.78 Å². The van der Waals surface area contributed by atoms with Crippen LogP contribution in [0.5, 0.6) is 5.75 Å². The second kappa shape index (κ2) is 7.72. The quantitative estimate of drug-likeness (QED) is 0.860. The fraction of sp³-hybridized carbons (Fsp3) is 0.278. The highest BCUT2D eigenvalue weighted by molar-refractivity contribution is 5.93. The number of benzene rings is 2. The van der Waals surface area contributed by atoms with Gasteiger partial charge in [-0.3, -0.25) is 4.79 Å². The van der Waals surface area contributed by atoms with E-state index in [1.165, 1.54) is 12.1 Å². The molecular formula is C18H19F2NO2. The Labute approximate surface area is 134 Å². The molecule has 0 aliphatic carbocycles. The zero-order valence-corrected chi connectivity index (χ0v) is 13.1. The first-order valence-electron chi connectivity index (χ1n) is 7.41. The summed E-state index contributed by atoms with van der Waals surface area (Å²) < 4.78 is 28.5. The summed E-state index contributed by atoms with van der Waals surface area (Å²) in [5.74, 6) is -0.0622. The molecule has 2 rings (SSSR count). The van der Waals surface area contributed by atoms with Crippen LogP contribution in [0.2, 0.25) is 0 Å². The lowest BCUT2D eigenvalue weighted by Gasteiger charge is -2.13. The largest absolute Gasteiger partial charge is 0.435 e. The highest BCUT2D eigenvalue weighted by atomic mass is 19.3. The summed E-state index contributed by atoms with van der Waals surface area (Å²) in [5.41, 5.74) is 3.67. The second-order valence-corrected chi connectivity index (χ2v) is 5.21. The van der Waals surface area contributed by atoms with E-state index in [-0.39, 0.29) is 18.1 Å². The van der Waals surface area contributed by atoms with Crippen LogP contribution in [0.3, 0.4) is 0 Å². The summed E-state index contributed by atoms with van der Waals surface area (Å²) in [6.07, 6.45) is 1.00. The van der Waals surface area contributed by atoms with Gasteiger partial charge in [-0.25, -0.2) is 0 Å². The van der Waals surface area contributed by atoms with Crippen molar-refractivity contribution in [2.45, 2.75) is 33.3 Å². The van der Waals surface area contributed by atoms with Gasteiger partial charge in [-0.15, -0.1) is 0 Å². The molecular weight excluding hydrogens is 300 g/mol. The van der Waals surface area contributed by atoms with Gasteiger partial charge in [0.1, 0.15) is 5.75 Å². The molecule has 23 heavy (non-hydrogen) atoms. The van der Waals surface area contributed by atoms with Crippen LogP contribution in [0.15, 0.2) is 42.5 Å². The Kier molecular flexibility index (Phi) is 5.68. The van der Waals surface area contributed by atoms with Crippen molar-refractivity contribution >= 4 is 11.6 Å². The molecule has 122 valence electrons. The molecule has 0 radical (unpaired) electrons. The van der Waals surface area contributed by atoms with Crippen molar-refractivity contribution < 1.29 is 18.3 Å². The van der Waals surface area contributed by atoms with Gasteiger partial charge in [0.05, 0.1) is 6.42 Å². The maximum Gasteiger partial charge on any atom is 0.387 e. The molecule has 0 aliphatic heterocycles. The van der Waals surface area contributed by atoms with Crippen LogP contribution in [0.4, 0.5) is 14.5 Å². The molecule has 1 amide bonds. The molecule has 0 aliphatic rings. The number of carbonyl (C=O) groups excluding carboxylic acids is 1. The second-order valence-electron chi connectivity index (χ2n) is 5.21. The first kappa shape index (κ1) is 16.9. The topological polar surface area (TPSA) is 38.3 Å². The molecule has 0 atom stereocenters. The zero-order valence-electron chi connectivity index (χ0n) is 13.1. The lowest BCUT2D eigenvalue weighted by Crippen LogP contribution is -2.16. The van der Waals surface area contributed by atoms with E-state index in [0.717, 1.165) is 28.8 Å². The molecule has 2 aromatic carbocycles. The fourth-order valence-corrected chi connectivity index (χ4v) is 2.36. The molecule has 0 heterocycles. The minimum absolute atomic E-state index is 0.0799. The number of para-hydroxylation sites is 1. The Morgan fingerprint density at radius 2 is 1.87 bits per heavy atom. The van der Waals surface area contributed by atoms with E-state index in [4.69, 9.17) is 0 Å². The monoisotopic (exact) mass is 319 g/mol. The highest BCUT2D eigenvalue weighted by Crippen LogP contribution is 2.21. The number of amides is 1. The molecule has 3 nitrogen and oxygen atoms in total. The van der Waals surface area contributed by atoms with Crippen LogP contribution in [-0.4, -0.2) is 12.5 Å². The van der Waals surface area contributed by atoms with Crippen LogP contribution < -0.4 is 10.1 Å². The lowest BCUT2D eigenvalue weighted by molar-refractivity contribution is -0.115. The molecule has 0 fully saturated rings. The van der Waals surface area contributed by atoms with Gasteiger partial charge < -0.3 is 10.1 Å². The summed E-state index contributed by atoms with van der Waals surface area (Å²) in [6.45, 7) is 1.13. The van der Waals surface area contributed by atoms with Gasteiger partial charge in [-0.05, 0) is 42.2 Å². The van der Waals surface area contributed by atoms with Crippen LogP contribution in [0.1, 0.15) is 23.6 Å². The molecule has 0 unspecified atom stereocenters. The number of hydrogen-bond acceptors (Lipinski definition) is 2. The molecule has 0 spiro atoms. The molecule has 1 N–H and O–H groups in total. The molecule has 0 bridgehead atoms. The Balaban J connectivity index is 2.03. The van der Waals surface area contributed by atoms with Crippen LogP contribution >= 0.6 is 0 Å².